The summed E-state index contributed by atoms with van der Waals surface area (Å²) in [4.78, 5) is 13.6. The van der Waals surface area contributed by atoms with Gasteiger partial charge in [0.15, 0.2) is 9.84 Å². The van der Waals surface area contributed by atoms with Gasteiger partial charge in [-0.15, -0.1) is 0 Å². The van der Waals surface area contributed by atoms with E-state index < -0.39 is 21.1 Å². The van der Waals surface area contributed by atoms with E-state index in [4.69, 9.17) is 5.10 Å². The Morgan fingerprint density at radius 3 is 2.32 bits per heavy atom. The van der Waals surface area contributed by atoms with E-state index in [1.807, 2.05) is 43.3 Å². The zero-order valence-corrected chi connectivity index (χ0v) is 26.6. The van der Waals surface area contributed by atoms with Crippen molar-refractivity contribution >= 4 is 33.4 Å². The van der Waals surface area contributed by atoms with Crippen molar-refractivity contribution in [2.45, 2.75) is 56.1 Å². The van der Waals surface area contributed by atoms with E-state index >= 15 is 0 Å². The van der Waals surface area contributed by atoms with Crippen LogP contribution in [0.15, 0.2) is 90.3 Å². The van der Waals surface area contributed by atoms with Crippen molar-refractivity contribution in [3.63, 3.8) is 0 Å². The minimum Gasteiger partial charge on any atom is -0.317 e. The minimum absolute atomic E-state index is 0.0657. The summed E-state index contributed by atoms with van der Waals surface area (Å²) in [5.41, 5.74) is 4.60. The third kappa shape index (κ3) is 6.95. The lowest BCUT2D eigenvalue weighted by atomic mass is 9.90. The highest BCUT2D eigenvalue weighted by Crippen LogP contribution is 2.40. The van der Waals surface area contributed by atoms with Crippen molar-refractivity contribution < 1.29 is 13.2 Å². The summed E-state index contributed by atoms with van der Waals surface area (Å²) < 4.78 is 30.0. The van der Waals surface area contributed by atoms with E-state index in [2.05, 4.69) is 43.3 Å². The Hall–Kier alpha value is -4.21. The fourth-order valence-corrected chi connectivity index (χ4v) is 7.68. The zero-order valence-electron chi connectivity index (χ0n) is 25.8. The lowest BCUT2D eigenvalue weighted by Gasteiger charge is -2.31. The molecule has 1 fully saturated rings. The normalized spacial score (nSPS) is 15.0. The van der Waals surface area contributed by atoms with Crippen LogP contribution in [0, 0.1) is 12.8 Å². The first-order valence-electron chi connectivity index (χ1n) is 15.0. The van der Waals surface area contributed by atoms with Gasteiger partial charge in [0.25, 0.3) is 0 Å². The summed E-state index contributed by atoms with van der Waals surface area (Å²) in [7, 11) is -3.73. The third-order valence-electron chi connectivity index (χ3n) is 8.06. The molecule has 1 aliphatic heterocycles. The minimum atomic E-state index is -3.73. The standard InChI is InChI=1S/C35H41N5O3S/c1-6-25-12-16-30(17-13-25)44(42,43)33(26-18-20-36-21-19-26)27-8-7-9-28(22-27)37-34(41)38-32-23-31(35(3,4)5)39-40(32)29-14-10-24(2)11-15-29/h6-17,22-23,26,33,36H,1,18-21H2,2-5H3,(H2,37,38,41). The van der Waals surface area contributed by atoms with Crippen molar-refractivity contribution in [2.75, 3.05) is 23.7 Å². The molecule has 0 bridgehead atoms. The van der Waals surface area contributed by atoms with Gasteiger partial charge in [-0.25, -0.2) is 17.9 Å². The van der Waals surface area contributed by atoms with Gasteiger partial charge >= 0.3 is 6.03 Å². The quantitative estimate of drug-likeness (QED) is 0.194. The highest BCUT2D eigenvalue weighted by Gasteiger charge is 2.37. The van der Waals surface area contributed by atoms with Gasteiger partial charge in [-0.05, 0) is 86.3 Å². The van der Waals surface area contributed by atoms with Crippen molar-refractivity contribution in [1.82, 2.24) is 15.1 Å². The molecule has 0 aliphatic carbocycles. The van der Waals surface area contributed by atoms with E-state index in [0.29, 0.717) is 17.1 Å². The average molecular weight is 612 g/mol. The van der Waals surface area contributed by atoms with E-state index in [1.54, 1.807) is 53.2 Å². The molecule has 1 unspecified atom stereocenters. The number of hydrogen-bond donors (Lipinski definition) is 3. The van der Waals surface area contributed by atoms with Crippen LogP contribution in [0.3, 0.4) is 0 Å². The van der Waals surface area contributed by atoms with E-state index in [9.17, 15) is 13.2 Å². The van der Waals surface area contributed by atoms with Gasteiger partial charge < -0.3 is 10.6 Å². The Morgan fingerprint density at radius 2 is 1.68 bits per heavy atom. The molecule has 2 heterocycles. The number of carbonyl (C=O) groups is 1. The summed E-state index contributed by atoms with van der Waals surface area (Å²) in [5, 5.41) is 13.3. The maximum Gasteiger partial charge on any atom is 0.324 e. The second-order valence-corrected chi connectivity index (χ2v) is 14.5. The number of aryl methyl sites for hydroxylation is 1. The first kappa shape index (κ1) is 31.2. The monoisotopic (exact) mass is 611 g/mol. The number of carbonyl (C=O) groups excluding carboxylic acids is 1. The molecule has 1 atom stereocenters. The largest absolute Gasteiger partial charge is 0.324 e. The molecule has 4 aromatic rings. The number of urea groups is 1. The summed E-state index contributed by atoms with van der Waals surface area (Å²) in [6.07, 6.45) is 3.18. The summed E-state index contributed by atoms with van der Waals surface area (Å²) >= 11 is 0. The van der Waals surface area contributed by atoms with Crippen LogP contribution in [-0.4, -0.2) is 37.3 Å². The van der Waals surface area contributed by atoms with E-state index in [1.165, 1.54) is 0 Å². The summed E-state index contributed by atoms with van der Waals surface area (Å²) in [6.45, 7) is 13.5. The number of hydrogen-bond acceptors (Lipinski definition) is 5. The molecule has 1 saturated heterocycles. The molecule has 230 valence electrons. The van der Waals surface area contributed by atoms with Crippen LogP contribution in [0.4, 0.5) is 16.3 Å². The molecule has 8 nitrogen and oxygen atoms in total. The molecule has 3 aromatic carbocycles. The Labute approximate surface area is 260 Å². The number of aromatic nitrogens is 2. The van der Waals surface area contributed by atoms with Crippen LogP contribution < -0.4 is 16.0 Å². The van der Waals surface area contributed by atoms with Crippen molar-refractivity contribution in [2.24, 2.45) is 5.92 Å². The van der Waals surface area contributed by atoms with Crippen LogP contribution in [0.5, 0.6) is 0 Å². The van der Waals surface area contributed by atoms with E-state index in [-0.39, 0.29) is 16.2 Å². The number of rotatable bonds is 8. The summed E-state index contributed by atoms with van der Waals surface area (Å²) in [5.74, 6) is 0.467. The van der Waals surface area contributed by atoms with Gasteiger partial charge in [0.1, 0.15) is 5.82 Å². The SMILES string of the molecule is C=Cc1ccc(S(=O)(=O)C(c2cccc(NC(=O)Nc3cc(C(C)(C)C)nn3-c3ccc(C)cc3)c2)C2CCNCC2)cc1. The maximum absolute atomic E-state index is 14.1. The highest BCUT2D eigenvalue weighted by molar-refractivity contribution is 7.91. The number of piperidine rings is 1. The molecule has 1 aromatic heterocycles. The lowest BCUT2D eigenvalue weighted by Crippen LogP contribution is -2.33. The second kappa shape index (κ2) is 12.8. The average Bonchev–Trinajstić information content (AvgIpc) is 3.42. The Morgan fingerprint density at radius 1 is 1.00 bits per heavy atom. The molecular weight excluding hydrogens is 570 g/mol. The number of benzene rings is 3. The molecule has 5 rings (SSSR count). The van der Waals surface area contributed by atoms with Gasteiger partial charge in [-0.2, -0.15) is 5.10 Å². The van der Waals surface area contributed by atoms with Crippen molar-refractivity contribution in [3.8, 4) is 5.69 Å². The topological polar surface area (TPSA) is 105 Å². The predicted molar refractivity (Wildman–Crippen MR) is 178 cm³/mol. The Bertz CT molecular complexity index is 1730. The van der Waals surface area contributed by atoms with Gasteiger partial charge in [-0.3, -0.25) is 5.32 Å². The van der Waals surface area contributed by atoms with Crippen LogP contribution >= 0.6 is 0 Å². The molecule has 3 N–H and O–H groups in total. The molecule has 44 heavy (non-hydrogen) atoms. The fourth-order valence-electron chi connectivity index (χ4n) is 5.58. The molecular formula is C35H41N5O3S. The van der Waals surface area contributed by atoms with Gasteiger partial charge in [0.05, 0.1) is 21.5 Å². The van der Waals surface area contributed by atoms with Crippen molar-refractivity contribution in [1.29, 1.82) is 0 Å². The van der Waals surface area contributed by atoms with Crippen LogP contribution in [-0.2, 0) is 15.3 Å². The van der Waals surface area contributed by atoms with Crippen LogP contribution in [0.1, 0.15) is 61.2 Å². The molecule has 0 saturated carbocycles. The smallest absolute Gasteiger partial charge is 0.317 e. The van der Waals surface area contributed by atoms with Gasteiger partial charge in [0.2, 0.25) is 0 Å². The molecule has 2 amide bonds. The van der Waals surface area contributed by atoms with E-state index in [0.717, 1.165) is 48.4 Å². The summed E-state index contributed by atoms with van der Waals surface area (Å²) in [6, 6.07) is 23.4. The molecule has 0 radical (unpaired) electrons. The predicted octanol–water partition coefficient (Wildman–Crippen LogP) is 7.28. The fraction of sp³-hybridized carbons (Fsp3) is 0.314. The number of anilines is 2. The Balaban J connectivity index is 1.43. The third-order valence-corrected chi connectivity index (χ3v) is 10.3. The van der Waals surface area contributed by atoms with Crippen molar-refractivity contribution in [3.05, 3.63) is 108 Å². The lowest BCUT2D eigenvalue weighted by molar-refractivity contribution is 0.262. The molecule has 1 aliphatic rings. The van der Waals surface area contributed by atoms with Crippen LogP contribution in [0.2, 0.25) is 0 Å². The number of amides is 2. The first-order chi connectivity index (χ1) is 21.0. The second-order valence-electron chi connectivity index (χ2n) is 12.4. The molecule has 9 heteroatoms. The number of nitrogens with zero attached hydrogens (tertiary/aromatic N) is 2. The van der Waals surface area contributed by atoms with Gasteiger partial charge in [0, 0.05) is 17.2 Å². The molecule has 0 spiro atoms. The van der Waals surface area contributed by atoms with Crippen LogP contribution in [0.25, 0.3) is 11.8 Å². The number of sulfone groups is 1. The first-order valence-corrected chi connectivity index (χ1v) is 16.5. The number of nitrogens with one attached hydrogen (secondary N) is 3. The van der Waals surface area contributed by atoms with Gasteiger partial charge in [-0.1, -0.05) is 75.4 Å². The highest BCUT2D eigenvalue weighted by atomic mass is 32.2. The Kier molecular flexibility index (Phi) is 9.08. The zero-order chi connectivity index (χ0) is 31.5. The maximum atomic E-state index is 14.1.